The van der Waals surface area contributed by atoms with E-state index < -0.39 is 0 Å². The summed E-state index contributed by atoms with van der Waals surface area (Å²) < 4.78 is 0. The van der Waals surface area contributed by atoms with Crippen molar-refractivity contribution in [3.05, 3.63) is 23.0 Å². The standard InChI is InChI=1S/C10H12Cl2N2O/c1-7-5-9(12)13-6-8(7)14-10(15)3-2-4-11/h5-6H,2-4H2,1H3,(H,14,15). The van der Waals surface area contributed by atoms with E-state index in [1.54, 1.807) is 12.3 Å². The lowest BCUT2D eigenvalue weighted by molar-refractivity contribution is -0.116. The summed E-state index contributed by atoms with van der Waals surface area (Å²) in [5.74, 6) is 0.438. The maximum absolute atomic E-state index is 11.4. The maximum Gasteiger partial charge on any atom is 0.224 e. The first-order valence-corrected chi connectivity index (χ1v) is 5.52. The minimum atomic E-state index is -0.0529. The number of hydrogen-bond acceptors (Lipinski definition) is 2. The Hall–Kier alpha value is -0.800. The number of hydrogen-bond donors (Lipinski definition) is 1. The Labute approximate surface area is 98.8 Å². The van der Waals surface area contributed by atoms with Crippen LogP contribution in [-0.2, 0) is 4.79 Å². The van der Waals surface area contributed by atoms with Crippen LogP contribution in [0.1, 0.15) is 18.4 Å². The van der Waals surface area contributed by atoms with Crippen molar-refractivity contribution in [1.82, 2.24) is 4.98 Å². The van der Waals surface area contributed by atoms with E-state index in [9.17, 15) is 4.79 Å². The molecule has 0 saturated carbocycles. The first-order valence-electron chi connectivity index (χ1n) is 4.61. The Morgan fingerprint density at radius 2 is 2.33 bits per heavy atom. The monoisotopic (exact) mass is 246 g/mol. The van der Waals surface area contributed by atoms with Crippen LogP contribution >= 0.6 is 23.2 Å². The van der Waals surface area contributed by atoms with Crippen molar-refractivity contribution >= 4 is 34.8 Å². The fraction of sp³-hybridized carbons (Fsp3) is 0.400. The van der Waals surface area contributed by atoms with Crippen molar-refractivity contribution in [2.75, 3.05) is 11.2 Å². The van der Waals surface area contributed by atoms with Gasteiger partial charge < -0.3 is 5.32 Å². The summed E-state index contributed by atoms with van der Waals surface area (Å²) in [7, 11) is 0. The second-order valence-electron chi connectivity index (χ2n) is 3.16. The molecule has 1 aromatic heterocycles. The van der Waals surface area contributed by atoms with E-state index in [0.717, 1.165) is 5.56 Å². The van der Waals surface area contributed by atoms with E-state index in [2.05, 4.69) is 10.3 Å². The van der Waals surface area contributed by atoms with Crippen LogP contribution in [0.25, 0.3) is 0 Å². The molecule has 0 aliphatic heterocycles. The number of amides is 1. The molecule has 82 valence electrons. The second-order valence-corrected chi connectivity index (χ2v) is 3.93. The van der Waals surface area contributed by atoms with Crippen LogP contribution in [0.15, 0.2) is 12.3 Å². The molecule has 1 N–H and O–H groups in total. The van der Waals surface area contributed by atoms with E-state index >= 15 is 0 Å². The van der Waals surface area contributed by atoms with Crippen LogP contribution in [0.4, 0.5) is 5.69 Å². The van der Waals surface area contributed by atoms with Gasteiger partial charge in [-0.05, 0) is 25.0 Å². The molecule has 0 saturated heterocycles. The van der Waals surface area contributed by atoms with Gasteiger partial charge in [-0.2, -0.15) is 0 Å². The molecular weight excluding hydrogens is 235 g/mol. The predicted molar refractivity (Wildman–Crippen MR) is 62.6 cm³/mol. The molecule has 0 bridgehead atoms. The third kappa shape index (κ3) is 4.06. The lowest BCUT2D eigenvalue weighted by Crippen LogP contribution is -2.12. The number of anilines is 1. The number of aromatic nitrogens is 1. The van der Waals surface area contributed by atoms with Crippen molar-refractivity contribution < 1.29 is 4.79 Å². The van der Waals surface area contributed by atoms with Gasteiger partial charge >= 0.3 is 0 Å². The number of pyridine rings is 1. The zero-order valence-corrected chi connectivity index (χ0v) is 9.90. The van der Waals surface area contributed by atoms with Crippen molar-refractivity contribution in [3.8, 4) is 0 Å². The van der Waals surface area contributed by atoms with Gasteiger partial charge in [-0.25, -0.2) is 4.98 Å². The van der Waals surface area contributed by atoms with Gasteiger partial charge in [0.1, 0.15) is 5.15 Å². The van der Waals surface area contributed by atoms with Crippen LogP contribution in [-0.4, -0.2) is 16.8 Å². The molecule has 0 aromatic carbocycles. The third-order valence-electron chi connectivity index (χ3n) is 1.89. The van der Waals surface area contributed by atoms with E-state index in [4.69, 9.17) is 23.2 Å². The normalized spacial score (nSPS) is 10.1. The first-order chi connectivity index (χ1) is 7.13. The van der Waals surface area contributed by atoms with Gasteiger partial charge in [-0.3, -0.25) is 4.79 Å². The molecule has 1 amide bonds. The molecule has 1 rings (SSSR count). The summed E-state index contributed by atoms with van der Waals surface area (Å²) in [5, 5.41) is 3.18. The Morgan fingerprint density at radius 1 is 1.60 bits per heavy atom. The van der Waals surface area contributed by atoms with Gasteiger partial charge in [0.15, 0.2) is 0 Å². The van der Waals surface area contributed by atoms with Gasteiger partial charge in [0, 0.05) is 12.3 Å². The number of aryl methyl sites for hydroxylation is 1. The molecule has 0 fully saturated rings. The average Bonchev–Trinajstić information content (AvgIpc) is 2.19. The molecule has 1 heterocycles. The summed E-state index contributed by atoms with van der Waals surface area (Å²) in [4.78, 5) is 15.3. The Balaban J connectivity index is 2.60. The average molecular weight is 247 g/mol. The van der Waals surface area contributed by atoms with Crippen molar-refractivity contribution in [1.29, 1.82) is 0 Å². The quantitative estimate of drug-likeness (QED) is 0.656. The summed E-state index contributed by atoms with van der Waals surface area (Å²) in [6.45, 7) is 1.87. The number of nitrogens with one attached hydrogen (secondary N) is 1. The molecular formula is C10H12Cl2N2O. The molecule has 3 nitrogen and oxygen atoms in total. The first kappa shape index (κ1) is 12.3. The van der Waals surface area contributed by atoms with E-state index in [1.165, 1.54) is 0 Å². The number of rotatable bonds is 4. The van der Waals surface area contributed by atoms with Gasteiger partial charge in [-0.15, -0.1) is 11.6 Å². The number of halogens is 2. The Morgan fingerprint density at radius 3 is 2.93 bits per heavy atom. The summed E-state index contributed by atoms with van der Waals surface area (Å²) >= 11 is 11.2. The van der Waals surface area contributed by atoms with Crippen LogP contribution in [0.2, 0.25) is 5.15 Å². The minimum absolute atomic E-state index is 0.0529. The molecule has 5 heteroatoms. The molecule has 0 atom stereocenters. The van der Waals surface area contributed by atoms with E-state index in [1.807, 2.05) is 6.92 Å². The zero-order chi connectivity index (χ0) is 11.3. The third-order valence-corrected chi connectivity index (χ3v) is 2.36. The van der Waals surface area contributed by atoms with Crippen molar-refractivity contribution in [2.24, 2.45) is 0 Å². The van der Waals surface area contributed by atoms with Gasteiger partial charge in [0.05, 0.1) is 11.9 Å². The highest BCUT2D eigenvalue weighted by atomic mass is 35.5. The largest absolute Gasteiger partial charge is 0.325 e. The smallest absolute Gasteiger partial charge is 0.224 e. The molecule has 15 heavy (non-hydrogen) atoms. The fourth-order valence-electron chi connectivity index (χ4n) is 1.09. The fourth-order valence-corrected chi connectivity index (χ4v) is 1.44. The van der Waals surface area contributed by atoms with Crippen LogP contribution in [0.3, 0.4) is 0 Å². The van der Waals surface area contributed by atoms with Crippen molar-refractivity contribution in [3.63, 3.8) is 0 Å². The van der Waals surface area contributed by atoms with Crippen LogP contribution in [0, 0.1) is 6.92 Å². The number of carbonyl (C=O) groups excluding carboxylic acids is 1. The van der Waals surface area contributed by atoms with Crippen molar-refractivity contribution in [2.45, 2.75) is 19.8 Å². The lowest BCUT2D eigenvalue weighted by Gasteiger charge is -2.07. The predicted octanol–water partition coefficient (Wildman–Crippen LogP) is 3.00. The topological polar surface area (TPSA) is 42.0 Å². The summed E-state index contributed by atoms with van der Waals surface area (Å²) in [6, 6.07) is 1.71. The highest BCUT2D eigenvalue weighted by Gasteiger charge is 2.05. The molecule has 0 unspecified atom stereocenters. The van der Waals surface area contributed by atoms with E-state index in [-0.39, 0.29) is 5.91 Å². The van der Waals surface area contributed by atoms with Gasteiger partial charge in [0.2, 0.25) is 5.91 Å². The summed E-state index contributed by atoms with van der Waals surface area (Å²) in [6.07, 6.45) is 2.65. The molecule has 1 aromatic rings. The van der Waals surface area contributed by atoms with Gasteiger partial charge in [0.25, 0.3) is 0 Å². The maximum atomic E-state index is 11.4. The SMILES string of the molecule is Cc1cc(Cl)ncc1NC(=O)CCCCl. The molecule has 0 aliphatic carbocycles. The van der Waals surface area contributed by atoms with Crippen LogP contribution in [0.5, 0.6) is 0 Å². The molecule has 0 aliphatic rings. The molecule has 0 spiro atoms. The van der Waals surface area contributed by atoms with Crippen LogP contribution < -0.4 is 5.32 Å². The lowest BCUT2D eigenvalue weighted by atomic mass is 10.2. The minimum Gasteiger partial charge on any atom is -0.325 e. The second kappa shape index (κ2) is 5.93. The zero-order valence-electron chi connectivity index (χ0n) is 8.39. The molecule has 0 radical (unpaired) electrons. The number of carbonyl (C=O) groups is 1. The highest BCUT2D eigenvalue weighted by molar-refractivity contribution is 6.29. The Kier molecular flexibility index (Phi) is 4.85. The van der Waals surface area contributed by atoms with Gasteiger partial charge in [-0.1, -0.05) is 11.6 Å². The summed E-state index contributed by atoms with van der Waals surface area (Å²) in [5.41, 5.74) is 1.59. The number of nitrogens with zero attached hydrogens (tertiary/aromatic N) is 1. The Bertz CT molecular complexity index is 355. The number of alkyl halides is 1. The highest BCUT2D eigenvalue weighted by Crippen LogP contribution is 2.16. The van der Waals surface area contributed by atoms with E-state index in [0.29, 0.717) is 29.6 Å².